The third-order valence-corrected chi connectivity index (χ3v) is 3.60. The van der Waals surface area contributed by atoms with E-state index in [1.807, 2.05) is 0 Å². The van der Waals surface area contributed by atoms with E-state index in [2.05, 4.69) is 5.10 Å². The number of nitro benzene ring substituents is 1. The number of phenols is 1. The molecule has 0 radical (unpaired) electrons. The van der Waals surface area contributed by atoms with Crippen molar-refractivity contribution < 1.29 is 14.8 Å². The van der Waals surface area contributed by atoms with E-state index in [0.717, 1.165) is 11.1 Å². The molecule has 0 aromatic heterocycles. The van der Waals surface area contributed by atoms with Crippen LogP contribution in [0.15, 0.2) is 23.3 Å². The topological polar surface area (TPSA) is 96.0 Å². The average molecular weight is 297 g/mol. The maximum absolute atomic E-state index is 11.4. The minimum Gasteiger partial charge on any atom is -0.507 e. The van der Waals surface area contributed by atoms with Gasteiger partial charge >= 0.3 is 0 Å². The van der Waals surface area contributed by atoms with Gasteiger partial charge in [0.2, 0.25) is 0 Å². The van der Waals surface area contributed by atoms with Gasteiger partial charge in [-0.2, -0.15) is 10.1 Å². The lowest BCUT2D eigenvalue weighted by Crippen LogP contribution is -2.22. The fraction of sp³-hybridized carbons (Fsp3) is 0.100. The highest BCUT2D eigenvalue weighted by Crippen LogP contribution is 2.23. The molecular weight excluding hydrogens is 290 g/mol. The van der Waals surface area contributed by atoms with Crippen LogP contribution in [-0.2, 0) is 4.79 Å². The molecule has 1 saturated heterocycles. The maximum Gasteiger partial charge on any atom is 0.270 e. The highest BCUT2D eigenvalue weighted by Gasteiger charge is 2.26. The number of amides is 1. The predicted molar refractivity (Wildman–Crippen MR) is 74.3 cm³/mol. The fourth-order valence-corrected chi connectivity index (χ4v) is 2.30. The Labute approximate surface area is 117 Å². The second kappa shape index (κ2) is 5.33. The molecule has 1 amide bonds. The summed E-state index contributed by atoms with van der Waals surface area (Å²) in [6, 6.07) is 3.53. The molecule has 0 unspecified atom stereocenters. The standard InChI is InChI=1S/C10H7N3O4S2/c14-8-2-1-7(13(16)17)3-6(8)4-11-12-9(15)5-19-10(12)18/h1-4,14H,5H2. The molecule has 0 atom stereocenters. The first-order valence-corrected chi connectivity index (χ1v) is 6.39. The van der Waals surface area contributed by atoms with E-state index in [1.54, 1.807) is 0 Å². The van der Waals surface area contributed by atoms with E-state index >= 15 is 0 Å². The Morgan fingerprint density at radius 2 is 2.32 bits per heavy atom. The Morgan fingerprint density at radius 3 is 2.89 bits per heavy atom. The molecule has 1 fully saturated rings. The van der Waals surface area contributed by atoms with Crippen LogP contribution >= 0.6 is 24.0 Å². The molecule has 1 aromatic carbocycles. The molecule has 2 rings (SSSR count). The van der Waals surface area contributed by atoms with Crippen LogP contribution in [0.25, 0.3) is 0 Å². The number of aromatic hydroxyl groups is 1. The lowest BCUT2D eigenvalue weighted by Gasteiger charge is -2.06. The number of phenolic OH excluding ortho intramolecular Hbond substituents is 1. The Bertz CT molecular complexity index is 586. The predicted octanol–water partition coefficient (Wildman–Crippen LogP) is 1.49. The quantitative estimate of drug-likeness (QED) is 0.393. The van der Waals surface area contributed by atoms with Crippen molar-refractivity contribution >= 4 is 46.1 Å². The van der Waals surface area contributed by atoms with Crippen LogP contribution in [0.5, 0.6) is 5.75 Å². The molecule has 9 heteroatoms. The number of thiocarbonyl (C=S) groups is 1. The van der Waals surface area contributed by atoms with Gasteiger partial charge in [0.1, 0.15) is 5.75 Å². The zero-order valence-corrected chi connectivity index (χ0v) is 11.0. The molecule has 1 aliphatic heterocycles. The van der Waals surface area contributed by atoms with Gasteiger partial charge in [-0.15, -0.1) is 0 Å². The van der Waals surface area contributed by atoms with Crippen molar-refractivity contribution in [1.82, 2.24) is 5.01 Å². The minimum atomic E-state index is -0.585. The Kier molecular flexibility index (Phi) is 3.76. The van der Waals surface area contributed by atoms with Gasteiger partial charge in [0.25, 0.3) is 11.6 Å². The van der Waals surface area contributed by atoms with Crippen LogP contribution in [-0.4, -0.2) is 37.2 Å². The molecule has 0 spiro atoms. The van der Waals surface area contributed by atoms with Gasteiger partial charge in [0.05, 0.1) is 16.9 Å². The Morgan fingerprint density at radius 1 is 1.58 bits per heavy atom. The number of nitro groups is 1. The van der Waals surface area contributed by atoms with E-state index in [0.29, 0.717) is 4.32 Å². The number of nitrogens with zero attached hydrogens (tertiary/aromatic N) is 3. The third kappa shape index (κ3) is 2.88. The van der Waals surface area contributed by atoms with Crippen molar-refractivity contribution in [3.8, 4) is 5.75 Å². The number of thioether (sulfide) groups is 1. The van der Waals surface area contributed by atoms with Crippen molar-refractivity contribution in [2.24, 2.45) is 5.10 Å². The van der Waals surface area contributed by atoms with Gasteiger partial charge < -0.3 is 5.11 Å². The SMILES string of the molecule is O=C1CSC(=S)N1N=Cc1cc([N+](=O)[O-])ccc1O. The number of hydrogen-bond acceptors (Lipinski definition) is 7. The molecule has 0 aliphatic carbocycles. The molecule has 0 saturated carbocycles. The molecule has 0 bridgehead atoms. The lowest BCUT2D eigenvalue weighted by atomic mass is 10.2. The van der Waals surface area contributed by atoms with E-state index in [-0.39, 0.29) is 28.7 Å². The highest BCUT2D eigenvalue weighted by molar-refractivity contribution is 8.23. The molecule has 1 aliphatic rings. The van der Waals surface area contributed by atoms with E-state index in [4.69, 9.17) is 12.2 Å². The van der Waals surface area contributed by atoms with Crippen LogP contribution in [0.1, 0.15) is 5.56 Å². The molecule has 19 heavy (non-hydrogen) atoms. The number of non-ortho nitro benzene ring substituents is 1. The van der Waals surface area contributed by atoms with Crippen molar-refractivity contribution in [3.05, 3.63) is 33.9 Å². The first-order chi connectivity index (χ1) is 8.99. The Balaban J connectivity index is 2.27. The summed E-state index contributed by atoms with van der Waals surface area (Å²) in [7, 11) is 0. The lowest BCUT2D eigenvalue weighted by molar-refractivity contribution is -0.384. The monoisotopic (exact) mass is 297 g/mol. The van der Waals surface area contributed by atoms with Gasteiger partial charge in [0.15, 0.2) is 4.32 Å². The number of benzene rings is 1. The second-order valence-corrected chi connectivity index (χ2v) is 5.11. The summed E-state index contributed by atoms with van der Waals surface area (Å²) in [6.45, 7) is 0. The minimum absolute atomic E-state index is 0.140. The molecule has 1 heterocycles. The first kappa shape index (κ1) is 13.4. The summed E-state index contributed by atoms with van der Waals surface area (Å²) >= 11 is 6.10. The highest BCUT2D eigenvalue weighted by atomic mass is 32.2. The van der Waals surface area contributed by atoms with Gasteiger partial charge in [-0.1, -0.05) is 24.0 Å². The van der Waals surface area contributed by atoms with Crippen LogP contribution in [0, 0.1) is 10.1 Å². The number of hydrogen-bond donors (Lipinski definition) is 1. The summed E-state index contributed by atoms with van der Waals surface area (Å²) < 4.78 is 0.311. The zero-order valence-electron chi connectivity index (χ0n) is 9.35. The number of hydrazone groups is 1. The van der Waals surface area contributed by atoms with Crippen LogP contribution in [0.2, 0.25) is 0 Å². The van der Waals surface area contributed by atoms with Gasteiger partial charge in [-0.3, -0.25) is 14.9 Å². The van der Waals surface area contributed by atoms with E-state index < -0.39 is 4.92 Å². The van der Waals surface area contributed by atoms with Crippen molar-refractivity contribution in [3.63, 3.8) is 0 Å². The number of rotatable bonds is 3. The summed E-state index contributed by atoms with van der Waals surface area (Å²) in [5.74, 6) is -0.215. The largest absolute Gasteiger partial charge is 0.507 e. The van der Waals surface area contributed by atoms with Gasteiger partial charge in [-0.25, -0.2) is 0 Å². The normalized spacial score (nSPS) is 15.5. The van der Waals surface area contributed by atoms with Crippen LogP contribution in [0.4, 0.5) is 5.69 Å². The van der Waals surface area contributed by atoms with Gasteiger partial charge in [0, 0.05) is 17.7 Å². The average Bonchev–Trinajstić information content (AvgIpc) is 2.68. The van der Waals surface area contributed by atoms with Crippen molar-refractivity contribution in [1.29, 1.82) is 0 Å². The third-order valence-electron chi connectivity index (χ3n) is 2.26. The van der Waals surface area contributed by atoms with E-state index in [1.165, 1.54) is 30.1 Å². The van der Waals surface area contributed by atoms with Crippen LogP contribution in [0.3, 0.4) is 0 Å². The van der Waals surface area contributed by atoms with Gasteiger partial charge in [-0.05, 0) is 6.07 Å². The maximum atomic E-state index is 11.4. The van der Waals surface area contributed by atoms with Crippen LogP contribution < -0.4 is 0 Å². The summed E-state index contributed by atoms with van der Waals surface area (Å²) in [4.78, 5) is 21.4. The number of carbonyl (C=O) groups is 1. The Hall–Kier alpha value is -2.00. The molecule has 7 nitrogen and oxygen atoms in total. The van der Waals surface area contributed by atoms with Crippen molar-refractivity contribution in [2.45, 2.75) is 0 Å². The molecular formula is C10H7N3O4S2. The second-order valence-electron chi connectivity index (χ2n) is 3.50. The summed E-state index contributed by atoms with van der Waals surface area (Å²) in [6.07, 6.45) is 1.17. The molecule has 1 N–H and O–H groups in total. The smallest absolute Gasteiger partial charge is 0.270 e. The van der Waals surface area contributed by atoms with E-state index in [9.17, 15) is 20.0 Å². The first-order valence-electron chi connectivity index (χ1n) is 5.00. The summed E-state index contributed by atoms with van der Waals surface area (Å²) in [5.41, 5.74) is -0.0364. The molecule has 1 aromatic rings. The van der Waals surface area contributed by atoms with Crippen molar-refractivity contribution in [2.75, 3.05) is 5.75 Å². The summed E-state index contributed by atoms with van der Waals surface area (Å²) in [5, 5.41) is 25.0. The fourth-order valence-electron chi connectivity index (χ4n) is 1.34. The molecule has 98 valence electrons. The zero-order chi connectivity index (χ0) is 14.0. The number of carbonyl (C=O) groups excluding carboxylic acids is 1.